The Kier molecular flexibility index (Phi) is 5.33. The first kappa shape index (κ1) is 20.4. The van der Waals surface area contributed by atoms with Crippen molar-refractivity contribution in [2.24, 2.45) is 0 Å². The molecule has 1 fully saturated rings. The number of carbonyl (C=O) groups excluding carboxylic acids is 3. The second kappa shape index (κ2) is 8.10. The average Bonchev–Trinajstić information content (AvgIpc) is 3.24. The summed E-state index contributed by atoms with van der Waals surface area (Å²) in [7, 11) is 1.45. The topological polar surface area (TPSA) is 107 Å². The lowest BCUT2D eigenvalue weighted by atomic mass is 10.1. The fourth-order valence-corrected chi connectivity index (χ4v) is 3.94. The molecule has 1 atom stereocenters. The first-order valence-corrected chi connectivity index (χ1v) is 9.91. The van der Waals surface area contributed by atoms with Gasteiger partial charge in [-0.2, -0.15) is 0 Å². The molecule has 1 aliphatic rings. The molecule has 9 heteroatoms. The summed E-state index contributed by atoms with van der Waals surface area (Å²) in [6.07, 6.45) is 2.76. The molecule has 0 bridgehead atoms. The Morgan fingerprint density at radius 3 is 2.58 bits per heavy atom. The van der Waals surface area contributed by atoms with Gasteiger partial charge in [0, 0.05) is 37.3 Å². The first-order valence-electron chi connectivity index (χ1n) is 9.91. The van der Waals surface area contributed by atoms with E-state index in [0.29, 0.717) is 29.8 Å². The van der Waals surface area contributed by atoms with Crippen LogP contribution in [0.3, 0.4) is 0 Å². The lowest BCUT2D eigenvalue weighted by Crippen LogP contribution is -2.56. The zero-order valence-electron chi connectivity index (χ0n) is 17.2. The summed E-state index contributed by atoms with van der Waals surface area (Å²) in [6.45, 7) is 2.74. The molecule has 0 spiro atoms. The van der Waals surface area contributed by atoms with E-state index in [1.165, 1.54) is 30.5 Å². The summed E-state index contributed by atoms with van der Waals surface area (Å²) in [4.78, 5) is 44.8. The van der Waals surface area contributed by atoms with E-state index < -0.39 is 11.7 Å². The third-order valence-corrected chi connectivity index (χ3v) is 5.56. The van der Waals surface area contributed by atoms with Crippen LogP contribution < -0.4 is 9.47 Å². The lowest BCUT2D eigenvalue weighted by molar-refractivity contribution is -0.885. The van der Waals surface area contributed by atoms with Gasteiger partial charge in [0.1, 0.15) is 23.5 Å². The van der Waals surface area contributed by atoms with Crippen molar-refractivity contribution < 1.29 is 29.1 Å². The van der Waals surface area contributed by atoms with Gasteiger partial charge in [0.15, 0.2) is 0 Å². The van der Waals surface area contributed by atoms with Crippen LogP contribution in [-0.2, 0) is 4.79 Å². The highest BCUT2D eigenvalue weighted by atomic mass is 16.5. The molecule has 0 unspecified atom stereocenters. The summed E-state index contributed by atoms with van der Waals surface area (Å²) in [5.41, 5.74) is 0.964. The van der Waals surface area contributed by atoms with Gasteiger partial charge in [-0.05, 0) is 19.1 Å². The second-order valence-electron chi connectivity index (χ2n) is 7.45. The molecule has 1 aliphatic heterocycles. The number of fused-ring (bicyclic) bond motifs is 1. The zero-order chi connectivity index (χ0) is 22.1. The number of hydrogen-bond donors (Lipinski definition) is 2. The molecule has 1 saturated heterocycles. The monoisotopic (exact) mass is 423 g/mol. The number of aromatic amines is 1. The Morgan fingerprint density at radius 2 is 1.90 bits per heavy atom. The predicted molar refractivity (Wildman–Crippen MR) is 110 cm³/mol. The van der Waals surface area contributed by atoms with Gasteiger partial charge in [-0.3, -0.25) is 14.4 Å². The second-order valence-corrected chi connectivity index (χ2v) is 7.45. The number of hydrogen-bond acceptors (Lipinski definition) is 5. The molecule has 3 aromatic rings. The fourth-order valence-electron chi connectivity index (χ4n) is 3.94. The van der Waals surface area contributed by atoms with Crippen molar-refractivity contribution in [2.75, 3.05) is 26.7 Å². The largest absolute Gasteiger partial charge is 0.496 e. The fraction of sp³-hybridized carbons (Fsp3) is 0.273. The van der Waals surface area contributed by atoms with Gasteiger partial charge in [-0.1, -0.05) is 22.9 Å². The lowest BCUT2D eigenvalue weighted by Gasteiger charge is -2.39. The Hall–Kier alpha value is -3.88. The molecule has 1 aromatic carbocycles. The normalized spacial score (nSPS) is 16.4. The maximum absolute atomic E-state index is 13.0. The molecule has 2 amide bonds. The third-order valence-electron chi connectivity index (χ3n) is 5.56. The molecule has 31 heavy (non-hydrogen) atoms. The van der Waals surface area contributed by atoms with Gasteiger partial charge in [0.05, 0.1) is 12.7 Å². The Balaban J connectivity index is 1.53. The van der Waals surface area contributed by atoms with Crippen LogP contribution in [0.1, 0.15) is 27.6 Å². The van der Waals surface area contributed by atoms with Crippen molar-refractivity contribution >= 4 is 28.6 Å². The van der Waals surface area contributed by atoms with Crippen LogP contribution in [0.4, 0.5) is 0 Å². The van der Waals surface area contributed by atoms with Crippen molar-refractivity contribution in [1.82, 2.24) is 14.8 Å². The van der Waals surface area contributed by atoms with Crippen LogP contribution in [0.2, 0.25) is 0 Å². The van der Waals surface area contributed by atoms with E-state index in [2.05, 4.69) is 4.98 Å². The molecule has 160 valence electrons. The number of pyridine rings is 1. The number of ether oxygens (including phenoxy) is 1. The SMILES string of the molecule is COc1cc[n+](O)c2[nH]cc(C(=O)C(=O)N3CCN(C(=O)c4ccccc4)C[C@H]3C)c12. The van der Waals surface area contributed by atoms with Gasteiger partial charge < -0.3 is 19.7 Å². The number of methoxy groups -OCH3 is 1. The van der Waals surface area contributed by atoms with Crippen molar-refractivity contribution in [1.29, 1.82) is 0 Å². The molecule has 0 saturated carbocycles. The maximum Gasteiger partial charge on any atom is 0.330 e. The highest BCUT2D eigenvalue weighted by Crippen LogP contribution is 2.27. The van der Waals surface area contributed by atoms with Crippen LogP contribution in [0.25, 0.3) is 11.0 Å². The van der Waals surface area contributed by atoms with E-state index >= 15 is 0 Å². The summed E-state index contributed by atoms with van der Waals surface area (Å²) in [6, 6.07) is 10.2. The van der Waals surface area contributed by atoms with E-state index in [1.54, 1.807) is 29.2 Å². The van der Waals surface area contributed by atoms with Crippen molar-refractivity contribution in [3.8, 4) is 5.75 Å². The predicted octanol–water partition coefficient (Wildman–Crippen LogP) is 1.26. The minimum atomic E-state index is -0.703. The minimum absolute atomic E-state index is 0.0975. The van der Waals surface area contributed by atoms with Crippen molar-refractivity contribution in [3.63, 3.8) is 0 Å². The van der Waals surface area contributed by atoms with Gasteiger partial charge in [-0.15, -0.1) is 0 Å². The van der Waals surface area contributed by atoms with Gasteiger partial charge >= 0.3 is 5.65 Å². The summed E-state index contributed by atoms with van der Waals surface area (Å²) < 4.78 is 6.12. The van der Waals surface area contributed by atoms with Gasteiger partial charge in [-0.25, -0.2) is 4.98 Å². The number of carbonyl (C=O) groups is 3. The number of nitrogens with zero attached hydrogens (tertiary/aromatic N) is 3. The summed E-state index contributed by atoms with van der Waals surface area (Å²) in [5.74, 6) is -1.09. The molecular formula is C22H23N4O5+. The van der Waals surface area contributed by atoms with Crippen molar-refractivity contribution in [2.45, 2.75) is 13.0 Å². The third kappa shape index (κ3) is 3.58. The van der Waals surface area contributed by atoms with E-state index in [9.17, 15) is 19.6 Å². The molecule has 9 nitrogen and oxygen atoms in total. The molecule has 2 N–H and O–H groups in total. The smallest absolute Gasteiger partial charge is 0.330 e. The Bertz CT molecular complexity index is 1160. The van der Waals surface area contributed by atoms with Crippen LogP contribution in [0, 0.1) is 0 Å². The van der Waals surface area contributed by atoms with Gasteiger partial charge in [0.2, 0.25) is 0 Å². The number of aromatic nitrogens is 2. The number of H-pyrrole nitrogens is 1. The van der Waals surface area contributed by atoms with Crippen LogP contribution in [0.5, 0.6) is 5.75 Å². The van der Waals surface area contributed by atoms with E-state index in [-0.39, 0.29) is 29.7 Å². The molecule has 2 aromatic heterocycles. The average molecular weight is 423 g/mol. The van der Waals surface area contributed by atoms with Crippen LogP contribution in [-0.4, -0.2) is 70.4 Å². The number of nitrogens with one attached hydrogen (secondary N) is 1. The number of benzene rings is 1. The van der Waals surface area contributed by atoms with Crippen molar-refractivity contribution in [3.05, 3.63) is 59.9 Å². The standard InChI is InChI=1S/C22H22N4O5/c1-14-13-24(21(28)15-6-4-3-5-7-15)10-11-25(14)22(29)19(27)16-12-23-20-18(16)17(31-2)8-9-26(20)30/h3-9,12,14,30H,10-11,13H2,1-2H3/p+1/t14-/m1/s1. The molecular weight excluding hydrogens is 400 g/mol. The highest BCUT2D eigenvalue weighted by molar-refractivity contribution is 6.45. The number of rotatable bonds is 4. The minimum Gasteiger partial charge on any atom is -0.496 e. The van der Waals surface area contributed by atoms with Gasteiger partial charge in [0.25, 0.3) is 17.6 Å². The Labute approximate surface area is 178 Å². The number of Topliss-reactive ketones (excluding diaryl/α,β-unsaturated/α-hetero) is 1. The first-order chi connectivity index (χ1) is 14.9. The number of piperazine rings is 1. The van der Waals surface area contributed by atoms with E-state index in [0.717, 1.165) is 4.73 Å². The highest BCUT2D eigenvalue weighted by Gasteiger charge is 2.35. The molecule has 4 rings (SSSR count). The summed E-state index contributed by atoms with van der Waals surface area (Å²) in [5, 5.41) is 10.3. The summed E-state index contributed by atoms with van der Waals surface area (Å²) >= 11 is 0. The Morgan fingerprint density at radius 1 is 1.16 bits per heavy atom. The quantitative estimate of drug-likeness (QED) is 0.284. The zero-order valence-corrected chi connectivity index (χ0v) is 17.2. The number of amides is 2. The van der Waals surface area contributed by atoms with E-state index in [4.69, 9.17) is 4.74 Å². The van der Waals surface area contributed by atoms with Crippen LogP contribution in [0.15, 0.2) is 48.8 Å². The maximum atomic E-state index is 13.0. The number of ketones is 1. The molecule has 0 radical (unpaired) electrons. The molecule has 0 aliphatic carbocycles. The molecule has 3 heterocycles. The van der Waals surface area contributed by atoms with Crippen LogP contribution >= 0.6 is 0 Å². The van der Waals surface area contributed by atoms with E-state index in [1.807, 2.05) is 13.0 Å².